The highest BCUT2D eigenvalue weighted by Crippen LogP contribution is 2.22. The maximum atomic E-state index is 12.0. The zero-order valence-electron chi connectivity index (χ0n) is 14.3. The Morgan fingerprint density at radius 2 is 1.82 bits per heavy atom. The topological polar surface area (TPSA) is 58.8 Å². The minimum atomic E-state index is 0.291. The van der Waals surface area contributed by atoms with Crippen LogP contribution in [0.2, 0.25) is 0 Å². The van der Waals surface area contributed by atoms with E-state index >= 15 is 0 Å². The molecule has 2 atom stereocenters. The second-order valence-corrected chi connectivity index (χ2v) is 7.02. The average Bonchev–Trinajstić information content (AvgIpc) is 2.50. The van der Waals surface area contributed by atoms with E-state index in [-0.39, 0.29) is 0 Å². The van der Waals surface area contributed by atoms with Crippen molar-refractivity contribution in [1.29, 1.82) is 0 Å². The third-order valence-electron chi connectivity index (χ3n) is 4.91. The van der Waals surface area contributed by atoms with Gasteiger partial charge in [0, 0.05) is 32.6 Å². The highest BCUT2D eigenvalue weighted by molar-refractivity contribution is 5.76. The Bertz CT molecular complexity index is 333. The first kappa shape index (κ1) is 17.7. The van der Waals surface area contributed by atoms with Gasteiger partial charge in [-0.2, -0.15) is 0 Å². The second-order valence-electron chi connectivity index (χ2n) is 7.02. The fraction of sp³-hybridized carbons (Fsp3) is 0.941. The summed E-state index contributed by atoms with van der Waals surface area (Å²) in [5, 5.41) is 0. The fourth-order valence-corrected chi connectivity index (χ4v) is 3.71. The first-order valence-corrected chi connectivity index (χ1v) is 8.94. The largest absolute Gasteiger partial charge is 0.373 e. The number of hydrogen-bond donors (Lipinski definition) is 1. The van der Waals surface area contributed by atoms with Crippen LogP contribution in [-0.2, 0) is 9.53 Å². The average molecular weight is 311 g/mol. The SMILES string of the molecule is CC1CN(CCC2CCN(C(=O)CCCN)CC2)CC(C)O1. The summed E-state index contributed by atoms with van der Waals surface area (Å²) in [6.07, 6.45) is 5.70. The maximum Gasteiger partial charge on any atom is 0.222 e. The first-order chi connectivity index (χ1) is 10.6. The molecule has 2 rings (SSSR count). The summed E-state index contributed by atoms with van der Waals surface area (Å²) < 4.78 is 5.79. The minimum absolute atomic E-state index is 0.291. The van der Waals surface area contributed by atoms with E-state index in [1.165, 1.54) is 13.0 Å². The van der Waals surface area contributed by atoms with Gasteiger partial charge < -0.3 is 15.4 Å². The molecule has 5 nitrogen and oxygen atoms in total. The molecule has 2 saturated heterocycles. The van der Waals surface area contributed by atoms with Gasteiger partial charge in [-0.3, -0.25) is 9.69 Å². The molecule has 2 unspecified atom stereocenters. The van der Waals surface area contributed by atoms with Gasteiger partial charge in [0.15, 0.2) is 0 Å². The summed E-state index contributed by atoms with van der Waals surface area (Å²) >= 11 is 0. The minimum Gasteiger partial charge on any atom is -0.373 e. The molecule has 0 aromatic rings. The Hall–Kier alpha value is -0.650. The van der Waals surface area contributed by atoms with Crippen LogP contribution in [0.1, 0.15) is 46.0 Å². The van der Waals surface area contributed by atoms with Crippen LogP contribution in [0, 0.1) is 5.92 Å². The van der Waals surface area contributed by atoms with Gasteiger partial charge in [-0.1, -0.05) is 0 Å². The lowest BCUT2D eigenvalue weighted by Crippen LogP contribution is -2.46. The molecular weight excluding hydrogens is 278 g/mol. The van der Waals surface area contributed by atoms with Gasteiger partial charge in [0.1, 0.15) is 0 Å². The highest BCUT2D eigenvalue weighted by atomic mass is 16.5. The van der Waals surface area contributed by atoms with Crippen LogP contribution in [0.4, 0.5) is 0 Å². The molecule has 2 aliphatic rings. The highest BCUT2D eigenvalue weighted by Gasteiger charge is 2.25. The smallest absolute Gasteiger partial charge is 0.222 e. The molecule has 22 heavy (non-hydrogen) atoms. The molecule has 128 valence electrons. The Labute approximate surface area is 135 Å². The number of carbonyl (C=O) groups is 1. The Balaban J connectivity index is 1.64. The van der Waals surface area contributed by atoms with E-state index in [2.05, 4.69) is 18.7 Å². The molecule has 0 saturated carbocycles. The number of morpholine rings is 1. The van der Waals surface area contributed by atoms with Crippen LogP contribution in [-0.4, -0.2) is 67.2 Å². The number of ether oxygens (including phenoxy) is 1. The van der Waals surface area contributed by atoms with Gasteiger partial charge >= 0.3 is 0 Å². The van der Waals surface area contributed by atoms with E-state index < -0.39 is 0 Å². The maximum absolute atomic E-state index is 12.0. The predicted molar refractivity (Wildman–Crippen MR) is 88.7 cm³/mol. The molecule has 0 aromatic heterocycles. The van der Waals surface area contributed by atoms with Gasteiger partial charge in [-0.05, 0) is 58.5 Å². The normalized spacial score (nSPS) is 28.0. The number of rotatable bonds is 6. The van der Waals surface area contributed by atoms with Gasteiger partial charge in [-0.15, -0.1) is 0 Å². The van der Waals surface area contributed by atoms with E-state index in [0.717, 1.165) is 51.4 Å². The molecule has 2 heterocycles. The predicted octanol–water partition coefficient (Wildman–Crippen LogP) is 1.46. The molecule has 0 radical (unpaired) electrons. The third kappa shape index (κ3) is 5.52. The van der Waals surface area contributed by atoms with Crippen molar-refractivity contribution in [2.45, 2.75) is 58.2 Å². The molecular formula is C17H33N3O2. The van der Waals surface area contributed by atoms with Gasteiger partial charge in [0.25, 0.3) is 0 Å². The van der Waals surface area contributed by atoms with Crippen LogP contribution >= 0.6 is 0 Å². The quantitative estimate of drug-likeness (QED) is 0.807. The van der Waals surface area contributed by atoms with E-state index in [9.17, 15) is 4.79 Å². The molecule has 2 aliphatic heterocycles. The molecule has 0 bridgehead atoms. The monoisotopic (exact) mass is 311 g/mol. The Morgan fingerprint density at radius 1 is 1.18 bits per heavy atom. The first-order valence-electron chi connectivity index (χ1n) is 8.94. The molecule has 1 amide bonds. The van der Waals surface area contributed by atoms with Gasteiger partial charge in [0.2, 0.25) is 5.91 Å². The number of likely N-dealkylation sites (tertiary alicyclic amines) is 1. The number of nitrogens with two attached hydrogens (primary N) is 1. The van der Waals surface area contributed by atoms with E-state index in [1.807, 2.05) is 4.90 Å². The van der Waals surface area contributed by atoms with Crippen molar-refractivity contribution in [2.75, 3.05) is 39.3 Å². The van der Waals surface area contributed by atoms with Crippen molar-refractivity contribution in [3.63, 3.8) is 0 Å². The van der Waals surface area contributed by atoms with Crippen molar-refractivity contribution < 1.29 is 9.53 Å². The van der Waals surface area contributed by atoms with Gasteiger partial charge in [0.05, 0.1) is 12.2 Å². The van der Waals surface area contributed by atoms with E-state index in [1.54, 1.807) is 0 Å². The number of piperidine rings is 1. The summed E-state index contributed by atoms with van der Waals surface area (Å²) in [4.78, 5) is 16.6. The van der Waals surface area contributed by atoms with Crippen LogP contribution in [0.3, 0.4) is 0 Å². The van der Waals surface area contributed by atoms with Crippen molar-refractivity contribution >= 4 is 5.91 Å². The Kier molecular flexibility index (Phi) is 7.12. The molecule has 5 heteroatoms. The van der Waals surface area contributed by atoms with Crippen molar-refractivity contribution in [1.82, 2.24) is 9.80 Å². The zero-order chi connectivity index (χ0) is 15.9. The van der Waals surface area contributed by atoms with Crippen molar-refractivity contribution in [3.05, 3.63) is 0 Å². The molecule has 0 aromatic carbocycles. The number of carbonyl (C=O) groups excluding carboxylic acids is 1. The molecule has 0 spiro atoms. The van der Waals surface area contributed by atoms with Crippen LogP contribution in [0.25, 0.3) is 0 Å². The van der Waals surface area contributed by atoms with Crippen LogP contribution in [0.15, 0.2) is 0 Å². The molecule has 2 fully saturated rings. The van der Waals surface area contributed by atoms with E-state index in [4.69, 9.17) is 10.5 Å². The Morgan fingerprint density at radius 3 is 2.41 bits per heavy atom. The lowest BCUT2D eigenvalue weighted by atomic mass is 9.93. The number of amides is 1. The standard InChI is InChI=1S/C17H33N3O2/c1-14-12-19(13-15(2)22-14)9-5-16-6-10-20(11-7-16)17(21)4-3-8-18/h14-16H,3-13,18H2,1-2H3. The summed E-state index contributed by atoms with van der Waals surface area (Å²) in [7, 11) is 0. The van der Waals surface area contributed by atoms with Crippen LogP contribution in [0.5, 0.6) is 0 Å². The lowest BCUT2D eigenvalue weighted by molar-refractivity contribution is -0.132. The second kappa shape index (κ2) is 8.85. The summed E-state index contributed by atoms with van der Waals surface area (Å²) in [5.74, 6) is 1.06. The third-order valence-corrected chi connectivity index (χ3v) is 4.91. The molecule has 2 N–H and O–H groups in total. The lowest BCUT2D eigenvalue weighted by Gasteiger charge is -2.37. The van der Waals surface area contributed by atoms with Crippen molar-refractivity contribution in [3.8, 4) is 0 Å². The summed E-state index contributed by atoms with van der Waals surface area (Å²) in [5.41, 5.74) is 5.47. The molecule has 0 aliphatic carbocycles. The van der Waals surface area contributed by atoms with Crippen molar-refractivity contribution in [2.24, 2.45) is 11.7 Å². The number of hydrogen-bond acceptors (Lipinski definition) is 4. The fourth-order valence-electron chi connectivity index (χ4n) is 3.71. The summed E-state index contributed by atoms with van der Waals surface area (Å²) in [6, 6.07) is 0. The van der Waals surface area contributed by atoms with Crippen LogP contribution < -0.4 is 5.73 Å². The summed E-state index contributed by atoms with van der Waals surface area (Å²) in [6.45, 7) is 10.1. The number of nitrogens with zero attached hydrogens (tertiary/aromatic N) is 2. The zero-order valence-corrected chi connectivity index (χ0v) is 14.3. The van der Waals surface area contributed by atoms with Gasteiger partial charge in [-0.25, -0.2) is 0 Å². The van der Waals surface area contributed by atoms with E-state index in [0.29, 0.717) is 31.1 Å².